The zero-order chi connectivity index (χ0) is 13.9. The molecule has 0 aliphatic heterocycles. The van der Waals surface area contributed by atoms with Crippen LogP contribution in [0, 0.1) is 0 Å². The van der Waals surface area contributed by atoms with Gasteiger partial charge in [0, 0.05) is 5.56 Å². The van der Waals surface area contributed by atoms with E-state index in [0.29, 0.717) is 5.56 Å². The number of aliphatic carboxylic acids is 1. The van der Waals surface area contributed by atoms with Crippen LogP contribution in [0.5, 0.6) is 0 Å². The van der Waals surface area contributed by atoms with Crippen LogP contribution in [0.25, 0.3) is 0 Å². The Morgan fingerprint density at radius 3 is 2.11 bits per heavy atom. The lowest BCUT2D eigenvalue weighted by molar-refractivity contribution is -0.138. The predicted molar refractivity (Wildman–Crippen MR) is 62.1 cm³/mol. The van der Waals surface area contributed by atoms with Gasteiger partial charge in [0.2, 0.25) is 0 Å². The van der Waals surface area contributed by atoms with Gasteiger partial charge in [0.1, 0.15) is 6.04 Å². The first-order valence-electron chi connectivity index (χ1n) is 4.89. The van der Waals surface area contributed by atoms with Gasteiger partial charge in [-0.15, -0.1) is 0 Å². The second-order valence-corrected chi connectivity index (χ2v) is 5.19. The van der Waals surface area contributed by atoms with Crippen molar-refractivity contribution in [2.75, 3.05) is 0 Å². The monoisotopic (exact) mass is 273 g/mol. The number of benzene rings is 1. The standard InChI is InChI=1S/C10H12NO6P/c11-8(9(12)13)5-6-1-3-7(4-2-6)10(14)18(15,16)17/h1-4,8H,5,11H2,(H,12,13)(H2,15,16,17). The van der Waals surface area contributed by atoms with Crippen LogP contribution in [0.3, 0.4) is 0 Å². The number of nitrogens with two attached hydrogens (primary N) is 1. The van der Waals surface area contributed by atoms with E-state index in [-0.39, 0.29) is 12.0 Å². The number of carboxylic acid groups (broad SMARTS) is 1. The molecule has 7 nitrogen and oxygen atoms in total. The van der Waals surface area contributed by atoms with E-state index in [9.17, 15) is 14.2 Å². The molecule has 1 aromatic carbocycles. The smallest absolute Gasteiger partial charge is 0.396 e. The fraction of sp³-hybridized carbons (Fsp3) is 0.200. The van der Waals surface area contributed by atoms with Crippen molar-refractivity contribution >= 4 is 19.1 Å². The van der Waals surface area contributed by atoms with E-state index in [1.165, 1.54) is 24.3 Å². The highest BCUT2D eigenvalue weighted by Crippen LogP contribution is 2.38. The van der Waals surface area contributed by atoms with Crippen molar-refractivity contribution in [3.63, 3.8) is 0 Å². The van der Waals surface area contributed by atoms with E-state index in [0.717, 1.165) is 0 Å². The first-order valence-corrected chi connectivity index (χ1v) is 6.51. The molecular weight excluding hydrogens is 261 g/mol. The Labute approximate surface area is 102 Å². The van der Waals surface area contributed by atoms with Crippen molar-refractivity contribution in [1.82, 2.24) is 0 Å². The van der Waals surface area contributed by atoms with Crippen LogP contribution in [0.1, 0.15) is 15.9 Å². The number of hydrogen-bond donors (Lipinski definition) is 4. The number of carbonyl (C=O) groups excluding carboxylic acids is 1. The van der Waals surface area contributed by atoms with Crippen molar-refractivity contribution < 1.29 is 29.0 Å². The lowest BCUT2D eigenvalue weighted by Crippen LogP contribution is -2.32. The third kappa shape index (κ3) is 3.75. The first-order chi connectivity index (χ1) is 8.21. The maximum atomic E-state index is 11.2. The van der Waals surface area contributed by atoms with Gasteiger partial charge in [-0.1, -0.05) is 24.3 Å². The molecule has 0 bridgehead atoms. The van der Waals surface area contributed by atoms with Crippen LogP contribution in [-0.4, -0.2) is 32.4 Å². The van der Waals surface area contributed by atoms with Crippen LogP contribution in [0.2, 0.25) is 0 Å². The number of hydrogen-bond acceptors (Lipinski definition) is 4. The second-order valence-electron chi connectivity index (χ2n) is 3.69. The molecule has 0 radical (unpaired) electrons. The molecule has 1 aromatic rings. The van der Waals surface area contributed by atoms with Crippen molar-refractivity contribution in [3.8, 4) is 0 Å². The fourth-order valence-electron chi connectivity index (χ4n) is 1.29. The molecule has 0 fully saturated rings. The van der Waals surface area contributed by atoms with Crippen LogP contribution in [0.4, 0.5) is 0 Å². The Kier molecular flexibility index (Phi) is 4.37. The Hall–Kier alpha value is -1.53. The molecule has 0 aliphatic rings. The molecule has 0 spiro atoms. The van der Waals surface area contributed by atoms with Crippen molar-refractivity contribution in [1.29, 1.82) is 0 Å². The van der Waals surface area contributed by atoms with Gasteiger partial charge in [-0.3, -0.25) is 14.2 Å². The summed E-state index contributed by atoms with van der Waals surface area (Å²) in [6.45, 7) is 0. The van der Waals surface area contributed by atoms with E-state index in [2.05, 4.69) is 0 Å². The molecule has 1 unspecified atom stereocenters. The quantitative estimate of drug-likeness (QED) is 0.552. The van der Waals surface area contributed by atoms with Crippen LogP contribution < -0.4 is 5.73 Å². The summed E-state index contributed by atoms with van der Waals surface area (Å²) in [5.74, 6) is -1.15. The molecule has 0 aromatic heterocycles. The summed E-state index contributed by atoms with van der Waals surface area (Å²) < 4.78 is 10.7. The summed E-state index contributed by atoms with van der Waals surface area (Å²) in [6.07, 6.45) is 0.0692. The van der Waals surface area contributed by atoms with Crippen molar-refractivity contribution in [3.05, 3.63) is 35.4 Å². The van der Waals surface area contributed by atoms with Gasteiger partial charge >= 0.3 is 13.6 Å². The minimum Gasteiger partial charge on any atom is -0.480 e. The highest BCUT2D eigenvalue weighted by Gasteiger charge is 2.27. The molecule has 0 heterocycles. The van der Waals surface area contributed by atoms with E-state index in [4.69, 9.17) is 20.6 Å². The molecule has 0 aliphatic carbocycles. The van der Waals surface area contributed by atoms with Gasteiger partial charge in [-0.05, 0) is 12.0 Å². The van der Waals surface area contributed by atoms with Crippen LogP contribution in [-0.2, 0) is 15.8 Å². The van der Waals surface area contributed by atoms with E-state index >= 15 is 0 Å². The summed E-state index contributed by atoms with van der Waals surface area (Å²) in [5, 5.41) is 8.61. The van der Waals surface area contributed by atoms with Gasteiger partial charge < -0.3 is 20.6 Å². The van der Waals surface area contributed by atoms with Gasteiger partial charge in [0.15, 0.2) is 0 Å². The summed E-state index contributed by atoms with van der Waals surface area (Å²) in [4.78, 5) is 39.1. The predicted octanol–water partition coefficient (Wildman–Crippen LogP) is -0.0411. The number of carboxylic acids is 1. The zero-order valence-corrected chi connectivity index (χ0v) is 10.1. The van der Waals surface area contributed by atoms with Gasteiger partial charge in [0.25, 0.3) is 5.52 Å². The highest BCUT2D eigenvalue weighted by molar-refractivity contribution is 7.70. The zero-order valence-electron chi connectivity index (χ0n) is 9.18. The molecule has 8 heteroatoms. The maximum Gasteiger partial charge on any atom is 0.396 e. The Bertz CT molecular complexity index is 506. The first kappa shape index (κ1) is 14.5. The molecule has 1 atom stereocenters. The average molecular weight is 273 g/mol. The topological polar surface area (TPSA) is 138 Å². The van der Waals surface area contributed by atoms with Gasteiger partial charge in [-0.25, -0.2) is 0 Å². The fourth-order valence-corrected chi connectivity index (χ4v) is 1.78. The number of rotatable bonds is 5. The van der Waals surface area contributed by atoms with E-state index < -0.39 is 25.1 Å². The molecule has 18 heavy (non-hydrogen) atoms. The summed E-state index contributed by atoms with van der Waals surface area (Å²) in [5.41, 5.74) is 4.49. The molecule has 1 rings (SSSR count). The SMILES string of the molecule is NC(Cc1ccc(C(=O)P(=O)(O)O)cc1)C(=O)O. The summed E-state index contributed by atoms with van der Waals surface area (Å²) >= 11 is 0. The number of carbonyl (C=O) groups is 2. The second kappa shape index (κ2) is 5.41. The van der Waals surface area contributed by atoms with Crippen LogP contribution in [0.15, 0.2) is 24.3 Å². The minimum absolute atomic E-state index is 0.0692. The third-order valence-corrected chi connectivity index (χ3v) is 3.03. The minimum atomic E-state index is -4.79. The Morgan fingerprint density at radius 1 is 1.22 bits per heavy atom. The lowest BCUT2D eigenvalue weighted by atomic mass is 10.1. The van der Waals surface area contributed by atoms with E-state index in [1.807, 2.05) is 0 Å². The molecule has 98 valence electrons. The maximum absolute atomic E-state index is 11.2. The Morgan fingerprint density at radius 2 is 1.72 bits per heavy atom. The average Bonchev–Trinajstić information content (AvgIpc) is 2.27. The molecular formula is C10H12NO6P. The molecule has 0 saturated heterocycles. The molecule has 5 N–H and O–H groups in total. The third-order valence-electron chi connectivity index (χ3n) is 2.24. The molecule has 0 amide bonds. The largest absolute Gasteiger partial charge is 0.480 e. The van der Waals surface area contributed by atoms with Gasteiger partial charge in [0.05, 0.1) is 0 Å². The summed E-state index contributed by atoms with van der Waals surface area (Å²) in [6, 6.07) is 4.21. The van der Waals surface area contributed by atoms with Crippen molar-refractivity contribution in [2.24, 2.45) is 5.73 Å². The summed E-state index contributed by atoms with van der Waals surface area (Å²) in [7, 11) is -4.79. The van der Waals surface area contributed by atoms with E-state index in [1.54, 1.807) is 0 Å². The van der Waals surface area contributed by atoms with Crippen LogP contribution >= 0.6 is 7.60 Å². The normalized spacial score (nSPS) is 13.1. The van der Waals surface area contributed by atoms with Gasteiger partial charge in [-0.2, -0.15) is 0 Å². The lowest BCUT2D eigenvalue weighted by Gasteiger charge is -2.07. The van der Waals surface area contributed by atoms with Crippen molar-refractivity contribution in [2.45, 2.75) is 12.5 Å². The highest BCUT2D eigenvalue weighted by atomic mass is 31.2. The Balaban J connectivity index is 2.84. The molecule has 0 saturated carbocycles.